The van der Waals surface area contributed by atoms with Crippen molar-refractivity contribution in [2.75, 3.05) is 19.6 Å². The van der Waals surface area contributed by atoms with E-state index in [1.165, 1.54) is 55.4 Å². The Morgan fingerprint density at radius 1 is 1.24 bits per heavy atom. The van der Waals surface area contributed by atoms with Gasteiger partial charge in [-0.3, -0.25) is 4.90 Å². The van der Waals surface area contributed by atoms with Crippen molar-refractivity contribution in [1.82, 2.24) is 9.88 Å². The van der Waals surface area contributed by atoms with Gasteiger partial charge in [-0.15, -0.1) is 0 Å². The molecule has 2 atom stereocenters. The highest BCUT2D eigenvalue weighted by Crippen LogP contribution is 2.36. The number of hydrogen-bond acceptors (Lipinski definition) is 1. The maximum Gasteiger partial charge on any atom is 0.0458 e. The molecular formula is C19H24N2. The van der Waals surface area contributed by atoms with Crippen LogP contribution in [0.1, 0.15) is 31.0 Å². The molecule has 1 aromatic carbocycles. The molecule has 0 spiro atoms. The largest absolute Gasteiger partial charge is 0.358 e. The zero-order valence-corrected chi connectivity index (χ0v) is 12.9. The summed E-state index contributed by atoms with van der Waals surface area (Å²) in [4.78, 5) is 6.33. The van der Waals surface area contributed by atoms with Gasteiger partial charge in [-0.2, -0.15) is 0 Å². The Bertz CT molecular complexity index is 682. The molecule has 0 saturated carbocycles. The van der Waals surface area contributed by atoms with Gasteiger partial charge in [-0.25, -0.2) is 0 Å². The highest BCUT2D eigenvalue weighted by atomic mass is 15.1. The SMILES string of the molecule is CC[C@]12C=CCN(CCc3c([nH]c4ccccc34)CC1)C2. The molecule has 2 nitrogen and oxygen atoms in total. The Hall–Kier alpha value is -1.54. The average Bonchev–Trinajstić information content (AvgIpc) is 2.90. The average molecular weight is 280 g/mol. The van der Waals surface area contributed by atoms with E-state index in [1.54, 1.807) is 5.56 Å². The summed E-state index contributed by atoms with van der Waals surface area (Å²) in [7, 11) is 0. The highest BCUT2D eigenvalue weighted by Gasteiger charge is 2.31. The number of rotatable bonds is 1. The summed E-state index contributed by atoms with van der Waals surface area (Å²) in [5.74, 6) is 0. The maximum atomic E-state index is 3.69. The number of fused-ring (bicyclic) bond motifs is 5. The van der Waals surface area contributed by atoms with Crippen molar-refractivity contribution in [2.24, 2.45) is 5.41 Å². The number of nitrogens with one attached hydrogen (secondary N) is 1. The molecule has 2 heteroatoms. The minimum absolute atomic E-state index is 0.386. The molecule has 1 aromatic heterocycles. The summed E-state index contributed by atoms with van der Waals surface area (Å²) in [5.41, 5.74) is 4.73. The van der Waals surface area contributed by atoms with Gasteiger partial charge in [0.25, 0.3) is 0 Å². The Balaban J connectivity index is 1.77. The molecule has 21 heavy (non-hydrogen) atoms. The summed E-state index contributed by atoms with van der Waals surface area (Å²) < 4.78 is 0. The predicted octanol–water partition coefficient (Wildman–Crippen LogP) is 3.92. The number of aromatic amines is 1. The maximum absolute atomic E-state index is 3.69. The van der Waals surface area contributed by atoms with Gasteiger partial charge in [0, 0.05) is 41.6 Å². The lowest BCUT2D eigenvalue weighted by molar-refractivity contribution is 0.175. The summed E-state index contributed by atoms with van der Waals surface area (Å²) >= 11 is 0. The lowest BCUT2D eigenvalue weighted by atomic mass is 9.78. The van der Waals surface area contributed by atoms with Crippen molar-refractivity contribution in [1.29, 1.82) is 0 Å². The first-order chi connectivity index (χ1) is 10.3. The second kappa shape index (κ2) is 5.03. The van der Waals surface area contributed by atoms with Gasteiger partial charge < -0.3 is 4.98 Å². The lowest BCUT2D eigenvalue weighted by Gasteiger charge is -2.38. The van der Waals surface area contributed by atoms with E-state index in [0.29, 0.717) is 5.41 Å². The highest BCUT2D eigenvalue weighted by molar-refractivity contribution is 5.84. The Labute approximate surface area is 126 Å². The molecule has 2 aliphatic heterocycles. The van der Waals surface area contributed by atoms with E-state index in [9.17, 15) is 0 Å². The second-order valence-corrected chi connectivity index (χ2v) is 6.73. The molecule has 110 valence electrons. The van der Waals surface area contributed by atoms with Crippen molar-refractivity contribution in [3.63, 3.8) is 0 Å². The summed E-state index contributed by atoms with van der Waals surface area (Å²) in [6, 6.07) is 8.78. The minimum atomic E-state index is 0.386. The van der Waals surface area contributed by atoms with Gasteiger partial charge in [0.05, 0.1) is 0 Å². The minimum Gasteiger partial charge on any atom is -0.358 e. The zero-order chi connectivity index (χ0) is 14.3. The number of hydrogen-bond donors (Lipinski definition) is 1. The fourth-order valence-electron chi connectivity index (χ4n) is 4.15. The zero-order valence-electron chi connectivity index (χ0n) is 12.9. The lowest BCUT2D eigenvalue weighted by Crippen LogP contribution is -2.40. The molecule has 2 aromatic rings. The van der Waals surface area contributed by atoms with E-state index in [-0.39, 0.29) is 0 Å². The first kappa shape index (κ1) is 13.1. The van der Waals surface area contributed by atoms with Crippen LogP contribution in [0.3, 0.4) is 0 Å². The number of aryl methyl sites for hydroxylation is 1. The van der Waals surface area contributed by atoms with E-state index in [4.69, 9.17) is 0 Å². The smallest absolute Gasteiger partial charge is 0.0458 e. The van der Waals surface area contributed by atoms with Crippen molar-refractivity contribution in [3.05, 3.63) is 47.7 Å². The fourth-order valence-corrected chi connectivity index (χ4v) is 4.15. The van der Waals surface area contributed by atoms with E-state index >= 15 is 0 Å². The molecular weight excluding hydrogens is 256 g/mol. The van der Waals surface area contributed by atoms with Crippen LogP contribution in [-0.2, 0) is 12.8 Å². The molecule has 1 N–H and O–H groups in total. The molecule has 0 aliphatic carbocycles. The molecule has 3 heterocycles. The Morgan fingerprint density at radius 3 is 3.05 bits per heavy atom. The molecule has 2 aliphatic rings. The first-order valence-corrected chi connectivity index (χ1v) is 8.28. The van der Waals surface area contributed by atoms with Crippen LogP contribution in [0.4, 0.5) is 0 Å². The number of benzene rings is 1. The van der Waals surface area contributed by atoms with Crippen LogP contribution in [0.25, 0.3) is 10.9 Å². The number of nitrogens with zero attached hydrogens (tertiary/aromatic N) is 1. The topological polar surface area (TPSA) is 19.0 Å². The monoisotopic (exact) mass is 280 g/mol. The quantitative estimate of drug-likeness (QED) is 0.784. The van der Waals surface area contributed by atoms with Crippen molar-refractivity contribution in [2.45, 2.75) is 32.6 Å². The van der Waals surface area contributed by atoms with Crippen LogP contribution in [0.2, 0.25) is 0 Å². The van der Waals surface area contributed by atoms with Crippen LogP contribution in [0, 0.1) is 5.41 Å². The molecule has 0 amide bonds. The second-order valence-electron chi connectivity index (χ2n) is 6.73. The summed E-state index contributed by atoms with van der Waals surface area (Å²) in [6.07, 6.45) is 9.75. The third kappa shape index (κ3) is 2.22. The number of para-hydroxylation sites is 1. The van der Waals surface area contributed by atoms with E-state index < -0.39 is 0 Å². The third-order valence-corrected chi connectivity index (χ3v) is 5.53. The molecule has 0 radical (unpaired) electrons. The van der Waals surface area contributed by atoms with Crippen LogP contribution in [0.5, 0.6) is 0 Å². The van der Waals surface area contributed by atoms with Crippen molar-refractivity contribution < 1.29 is 0 Å². The van der Waals surface area contributed by atoms with E-state index in [0.717, 1.165) is 6.54 Å². The van der Waals surface area contributed by atoms with Crippen LogP contribution >= 0.6 is 0 Å². The van der Waals surface area contributed by atoms with Gasteiger partial charge >= 0.3 is 0 Å². The van der Waals surface area contributed by atoms with Crippen LogP contribution in [0.15, 0.2) is 36.4 Å². The van der Waals surface area contributed by atoms with Gasteiger partial charge in [0.15, 0.2) is 0 Å². The van der Waals surface area contributed by atoms with Crippen LogP contribution in [-0.4, -0.2) is 29.5 Å². The number of aromatic nitrogens is 1. The molecule has 2 bridgehead atoms. The van der Waals surface area contributed by atoms with Crippen molar-refractivity contribution in [3.8, 4) is 0 Å². The van der Waals surface area contributed by atoms with Gasteiger partial charge in [-0.1, -0.05) is 37.3 Å². The van der Waals surface area contributed by atoms with Gasteiger partial charge in [0.2, 0.25) is 0 Å². The predicted molar refractivity (Wildman–Crippen MR) is 88.6 cm³/mol. The Kier molecular flexibility index (Phi) is 3.15. The number of H-pyrrole nitrogens is 1. The van der Waals surface area contributed by atoms with Gasteiger partial charge in [-0.05, 0) is 37.3 Å². The first-order valence-electron chi connectivity index (χ1n) is 8.28. The summed E-state index contributed by atoms with van der Waals surface area (Å²) in [5, 5.41) is 1.43. The third-order valence-electron chi connectivity index (χ3n) is 5.53. The van der Waals surface area contributed by atoms with E-state index in [1.807, 2.05) is 0 Å². The fraction of sp³-hybridized carbons (Fsp3) is 0.474. The van der Waals surface area contributed by atoms with Crippen molar-refractivity contribution >= 4 is 10.9 Å². The molecule has 1 unspecified atom stereocenters. The normalized spacial score (nSPS) is 28.7. The molecule has 4 rings (SSSR count). The standard InChI is InChI=1S/C19H24N2/c1-2-19-10-5-12-21(14-19)13-9-16-15-6-3-4-7-17(15)20-18(16)8-11-19/h3-7,10,20H,2,8-9,11-14H2,1H3/t19-/m0/s1. The molecule has 0 fully saturated rings. The van der Waals surface area contributed by atoms with Gasteiger partial charge in [0.1, 0.15) is 0 Å². The Morgan fingerprint density at radius 2 is 2.14 bits per heavy atom. The summed E-state index contributed by atoms with van der Waals surface area (Å²) in [6.45, 7) is 5.89. The van der Waals surface area contributed by atoms with Crippen LogP contribution < -0.4 is 0 Å². The van der Waals surface area contributed by atoms with E-state index in [2.05, 4.69) is 53.2 Å². The molecule has 0 saturated heterocycles.